The van der Waals surface area contributed by atoms with E-state index in [-0.39, 0.29) is 24.7 Å². The average molecular weight is 457 g/mol. The lowest BCUT2D eigenvalue weighted by Crippen LogP contribution is -2.25. The molecule has 33 heavy (non-hydrogen) atoms. The van der Waals surface area contributed by atoms with Gasteiger partial charge in [-0.2, -0.15) is 0 Å². The van der Waals surface area contributed by atoms with Crippen molar-refractivity contribution in [3.05, 3.63) is 53.9 Å². The highest BCUT2D eigenvalue weighted by atomic mass is 16.6. The number of H-pyrrole nitrogens is 1. The fourth-order valence-electron chi connectivity index (χ4n) is 3.16. The highest BCUT2D eigenvalue weighted by molar-refractivity contribution is 5.74. The van der Waals surface area contributed by atoms with Crippen LogP contribution in [0.2, 0.25) is 0 Å². The second-order valence-electron chi connectivity index (χ2n) is 7.35. The lowest BCUT2D eigenvalue weighted by Gasteiger charge is -2.21. The van der Waals surface area contributed by atoms with Gasteiger partial charge in [0.2, 0.25) is 0 Å². The number of carbonyl (C=O) groups is 2. The van der Waals surface area contributed by atoms with E-state index in [4.69, 9.17) is 9.47 Å². The Labute approximate surface area is 191 Å². The fourth-order valence-corrected chi connectivity index (χ4v) is 3.16. The van der Waals surface area contributed by atoms with E-state index in [2.05, 4.69) is 19.4 Å². The molecule has 1 unspecified atom stereocenters. The van der Waals surface area contributed by atoms with Crippen molar-refractivity contribution in [1.82, 2.24) is 14.9 Å². The molecule has 0 saturated carbocycles. The second-order valence-corrected chi connectivity index (χ2v) is 7.35. The topological polar surface area (TPSA) is 123 Å². The molecule has 0 amide bonds. The zero-order chi connectivity index (χ0) is 23.8. The monoisotopic (exact) mass is 457 g/mol. The second kappa shape index (κ2) is 11.3. The van der Waals surface area contributed by atoms with Gasteiger partial charge in [0.1, 0.15) is 5.82 Å². The summed E-state index contributed by atoms with van der Waals surface area (Å²) in [7, 11) is 4.37. The van der Waals surface area contributed by atoms with Gasteiger partial charge >= 0.3 is 11.9 Å². The van der Waals surface area contributed by atoms with Crippen LogP contribution in [0.1, 0.15) is 17.5 Å². The largest absolute Gasteiger partial charge is 0.478 e. The fraction of sp³-hybridized carbons (Fsp3) is 0.348. The third-order valence-electron chi connectivity index (χ3n) is 4.84. The first kappa shape index (κ1) is 24.0. The van der Waals surface area contributed by atoms with Crippen LogP contribution in [0.3, 0.4) is 0 Å². The van der Waals surface area contributed by atoms with Crippen LogP contribution in [0.5, 0.6) is 11.5 Å². The van der Waals surface area contributed by atoms with Gasteiger partial charge < -0.3 is 29.0 Å². The molecule has 3 aromatic rings. The molecular formula is C23H27N3O7. The smallest absolute Gasteiger partial charge is 0.343 e. The summed E-state index contributed by atoms with van der Waals surface area (Å²) >= 11 is 0. The number of fused-ring (bicyclic) bond motifs is 1. The Hall–Kier alpha value is -3.63. The highest BCUT2D eigenvalue weighted by Gasteiger charge is 2.17. The van der Waals surface area contributed by atoms with Crippen LogP contribution in [-0.4, -0.2) is 72.9 Å². The zero-order valence-corrected chi connectivity index (χ0v) is 18.7. The van der Waals surface area contributed by atoms with Gasteiger partial charge in [-0.05, 0) is 36.9 Å². The Morgan fingerprint density at radius 3 is 2.36 bits per heavy atom. The molecule has 0 saturated heterocycles. The molecule has 1 atom stereocenters. The Morgan fingerprint density at radius 1 is 1.03 bits per heavy atom. The Bertz CT molecular complexity index is 1070. The van der Waals surface area contributed by atoms with Crippen LogP contribution in [-0.2, 0) is 25.6 Å². The molecule has 0 spiro atoms. The van der Waals surface area contributed by atoms with E-state index >= 15 is 0 Å². The molecule has 2 aromatic carbocycles. The van der Waals surface area contributed by atoms with Gasteiger partial charge in [0.25, 0.3) is 0 Å². The minimum absolute atomic E-state index is 0.195. The van der Waals surface area contributed by atoms with Crippen LogP contribution >= 0.6 is 0 Å². The van der Waals surface area contributed by atoms with Gasteiger partial charge in [-0.3, -0.25) is 4.90 Å². The van der Waals surface area contributed by atoms with Gasteiger partial charge in [0.15, 0.2) is 24.7 Å². The SMILES string of the molecule is COC(=O)COc1ccc(C(O)CN(C)Cc2nc3ccccc3[nH]2)cc1OCC(=O)OC. The number of hydrogen-bond acceptors (Lipinski definition) is 9. The van der Waals surface area contributed by atoms with E-state index in [9.17, 15) is 14.7 Å². The van der Waals surface area contributed by atoms with E-state index < -0.39 is 18.0 Å². The number of hydrogen-bond donors (Lipinski definition) is 2. The summed E-state index contributed by atoms with van der Waals surface area (Å²) in [5.74, 6) is 0.0758. The number of carbonyl (C=O) groups excluding carboxylic acids is 2. The molecular weight excluding hydrogens is 430 g/mol. The Kier molecular flexibility index (Phi) is 8.22. The minimum atomic E-state index is -0.852. The van der Waals surface area contributed by atoms with Crippen molar-refractivity contribution in [1.29, 1.82) is 0 Å². The number of benzene rings is 2. The van der Waals surface area contributed by atoms with Gasteiger partial charge in [0, 0.05) is 6.54 Å². The molecule has 0 aliphatic heterocycles. The van der Waals surface area contributed by atoms with Crippen LogP contribution in [0.15, 0.2) is 42.5 Å². The number of nitrogens with one attached hydrogen (secondary N) is 1. The summed E-state index contributed by atoms with van der Waals surface area (Å²) in [4.78, 5) is 32.6. The third kappa shape index (κ3) is 6.67. The standard InChI is InChI=1S/C23H27N3O7/c1-26(12-21-24-16-6-4-5-7-17(16)25-21)11-18(27)15-8-9-19(32-13-22(28)30-2)20(10-15)33-14-23(29)31-3/h4-10,18,27H,11-14H2,1-3H3,(H,24,25). The number of likely N-dealkylation sites (N-methyl/N-ethyl adjacent to an activating group) is 1. The first-order chi connectivity index (χ1) is 15.9. The predicted molar refractivity (Wildman–Crippen MR) is 119 cm³/mol. The number of methoxy groups -OCH3 is 2. The quantitative estimate of drug-likeness (QED) is 0.415. The summed E-state index contributed by atoms with van der Waals surface area (Å²) < 4.78 is 20.1. The average Bonchev–Trinajstić information content (AvgIpc) is 3.22. The normalized spacial score (nSPS) is 11.9. The lowest BCUT2D eigenvalue weighted by atomic mass is 10.1. The molecule has 0 fully saturated rings. The van der Waals surface area contributed by atoms with Crippen LogP contribution in [0.4, 0.5) is 0 Å². The van der Waals surface area contributed by atoms with E-state index in [1.165, 1.54) is 14.2 Å². The number of esters is 2. The molecule has 0 aliphatic carbocycles. The van der Waals surface area contributed by atoms with Crippen LogP contribution in [0.25, 0.3) is 11.0 Å². The molecule has 0 aliphatic rings. The molecule has 10 heteroatoms. The number of nitrogens with zero attached hydrogens (tertiary/aromatic N) is 2. The number of imidazole rings is 1. The third-order valence-corrected chi connectivity index (χ3v) is 4.84. The molecule has 1 aromatic heterocycles. The van der Waals surface area contributed by atoms with Gasteiger partial charge in [0.05, 0.1) is 37.9 Å². The van der Waals surface area contributed by atoms with Crippen molar-refractivity contribution >= 4 is 23.0 Å². The van der Waals surface area contributed by atoms with E-state index in [1.54, 1.807) is 18.2 Å². The zero-order valence-electron chi connectivity index (χ0n) is 18.7. The van der Waals surface area contributed by atoms with Gasteiger partial charge in [-0.1, -0.05) is 18.2 Å². The summed E-state index contributed by atoms with van der Waals surface area (Å²) in [5.41, 5.74) is 2.39. The number of aliphatic hydroxyl groups is 1. The lowest BCUT2D eigenvalue weighted by molar-refractivity contribution is -0.144. The summed E-state index contributed by atoms with van der Waals surface area (Å²) in [6, 6.07) is 12.6. The summed E-state index contributed by atoms with van der Waals surface area (Å²) in [6.07, 6.45) is -0.852. The maximum absolute atomic E-state index is 11.5. The van der Waals surface area contributed by atoms with Crippen molar-refractivity contribution in [3.8, 4) is 11.5 Å². The predicted octanol–water partition coefficient (Wildman–Crippen LogP) is 1.83. The number of aromatic nitrogens is 2. The van der Waals surface area contributed by atoms with Crippen molar-refractivity contribution < 1.29 is 33.6 Å². The number of aromatic amines is 1. The number of ether oxygens (including phenoxy) is 4. The number of para-hydroxylation sites is 2. The van der Waals surface area contributed by atoms with E-state index in [1.807, 2.05) is 36.2 Å². The molecule has 0 bridgehead atoms. The van der Waals surface area contributed by atoms with Crippen molar-refractivity contribution in [3.63, 3.8) is 0 Å². The summed E-state index contributed by atoms with van der Waals surface area (Å²) in [6.45, 7) is 0.150. The van der Waals surface area contributed by atoms with Crippen molar-refractivity contribution in [2.24, 2.45) is 0 Å². The van der Waals surface area contributed by atoms with Gasteiger partial charge in [-0.25, -0.2) is 14.6 Å². The molecule has 176 valence electrons. The molecule has 2 N–H and O–H groups in total. The number of rotatable bonds is 11. The van der Waals surface area contributed by atoms with Gasteiger partial charge in [-0.15, -0.1) is 0 Å². The van der Waals surface area contributed by atoms with Crippen molar-refractivity contribution in [2.75, 3.05) is 41.0 Å². The highest BCUT2D eigenvalue weighted by Crippen LogP contribution is 2.31. The molecule has 1 heterocycles. The number of aliphatic hydroxyl groups excluding tert-OH is 1. The Morgan fingerprint density at radius 2 is 1.70 bits per heavy atom. The molecule has 3 rings (SSSR count). The molecule has 10 nitrogen and oxygen atoms in total. The maximum atomic E-state index is 11.5. The maximum Gasteiger partial charge on any atom is 0.343 e. The first-order valence-corrected chi connectivity index (χ1v) is 10.2. The van der Waals surface area contributed by atoms with E-state index in [0.717, 1.165) is 16.9 Å². The Balaban J connectivity index is 1.68. The van der Waals surface area contributed by atoms with Crippen LogP contribution < -0.4 is 9.47 Å². The van der Waals surface area contributed by atoms with E-state index in [0.29, 0.717) is 18.7 Å². The molecule has 0 radical (unpaired) electrons. The van der Waals surface area contributed by atoms with Crippen molar-refractivity contribution in [2.45, 2.75) is 12.6 Å². The van der Waals surface area contributed by atoms with Crippen LogP contribution in [0, 0.1) is 0 Å². The minimum Gasteiger partial charge on any atom is -0.478 e. The first-order valence-electron chi connectivity index (χ1n) is 10.2. The summed E-state index contributed by atoms with van der Waals surface area (Å²) in [5, 5.41) is 10.8.